The van der Waals surface area contributed by atoms with Crippen LogP contribution in [0.15, 0.2) is 54.6 Å². The summed E-state index contributed by atoms with van der Waals surface area (Å²) in [5.41, 5.74) is 3.80. The van der Waals surface area contributed by atoms with E-state index in [1.807, 2.05) is 11.0 Å². The second-order valence-corrected chi connectivity index (χ2v) is 6.56. The van der Waals surface area contributed by atoms with Gasteiger partial charge in [0.1, 0.15) is 0 Å². The third-order valence-electron chi connectivity index (χ3n) is 5.09. The van der Waals surface area contributed by atoms with E-state index in [4.69, 9.17) is 0 Å². The van der Waals surface area contributed by atoms with Crippen LogP contribution in [0.3, 0.4) is 0 Å². The van der Waals surface area contributed by atoms with Crippen molar-refractivity contribution in [2.24, 2.45) is 0 Å². The predicted octanol–water partition coefficient (Wildman–Crippen LogP) is 3.07. The van der Waals surface area contributed by atoms with Gasteiger partial charge in [0.15, 0.2) is 0 Å². The molecule has 2 aromatic carbocycles. The Balaban J connectivity index is 1.39. The predicted molar refractivity (Wildman–Crippen MR) is 92.7 cm³/mol. The van der Waals surface area contributed by atoms with E-state index < -0.39 is 0 Å². The number of carbonyl (C=O) groups excluding carboxylic acids is 1. The Morgan fingerprint density at radius 1 is 1.00 bits per heavy atom. The fraction of sp³-hybridized carbons (Fsp3) is 0.350. The molecule has 0 radical (unpaired) electrons. The van der Waals surface area contributed by atoms with Crippen molar-refractivity contribution in [3.63, 3.8) is 0 Å². The number of likely N-dealkylation sites (tertiary alicyclic amines) is 1. The van der Waals surface area contributed by atoms with E-state index in [9.17, 15) is 4.79 Å². The lowest BCUT2D eigenvalue weighted by Crippen LogP contribution is -2.38. The normalized spacial score (nSPS) is 20.7. The molecule has 4 rings (SSSR count). The maximum Gasteiger partial charge on any atom is 0.241 e. The van der Waals surface area contributed by atoms with Gasteiger partial charge in [0, 0.05) is 18.8 Å². The molecule has 23 heavy (non-hydrogen) atoms. The summed E-state index contributed by atoms with van der Waals surface area (Å²) in [6.45, 7) is 3.37. The first kappa shape index (κ1) is 14.5. The Morgan fingerprint density at radius 3 is 2.65 bits per heavy atom. The van der Waals surface area contributed by atoms with Crippen molar-refractivity contribution in [3.05, 3.63) is 65.7 Å². The summed E-state index contributed by atoms with van der Waals surface area (Å²) >= 11 is 0. The summed E-state index contributed by atoms with van der Waals surface area (Å²) in [6, 6.07) is 18.9. The van der Waals surface area contributed by atoms with Crippen LogP contribution in [0, 0.1) is 0 Å². The van der Waals surface area contributed by atoms with E-state index >= 15 is 0 Å². The molecule has 0 N–H and O–H groups in total. The van der Waals surface area contributed by atoms with Gasteiger partial charge in [0.05, 0.1) is 6.54 Å². The highest BCUT2D eigenvalue weighted by atomic mass is 16.2. The molecular weight excluding hydrogens is 284 g/mol. The van der Waals surface area contributed by atoms with Crippen molar-refractivity contribution >= 4 is 11.6 Å². The lowest BCUT2D eigenvalue weighted by Gasteiger charge is -2.22. The highest BCUT2D eigenvalue weighted by molar-refractivity contribution is 5.96. The van der Waals surface area contributed by atoms with Crippen molar-refractivity contribution < 1.29 is 4.79 Å². The lowest BCUT2D eigenvalue weighted by atomic mass is 9.99. The van der Waals surface area contributed by atoms with Gasteiger partial charge in [-0.1, -0.05) is 48.5 Å². The fourth-order valence-electron chi connectivity index (χ4n) is 3.85. The number of carbonyl (C=O) groups is 1. The fourth-order valence-corrected chi connectivity index (χ4v) is 3.85. The summed E-state index contributed by atoms with van der Waals surface area (Å²) in [7, 11) is 0. The maximum atomic E-state index is 12.7. The number of benzene rings is 2. The van der Waals surface area contributed by atoms with Crippen LogP contribution in [-0.4, -0.2) is 37.0 Å². The molecule has 2 aromatic rings. The molecule has 1 fully saturated rings. The van der Waals surface area contributed by atoms with E-state index in [-0.39, 0.29) is 5.91 Å². The minimum Gasteiger partial charge on any atom is -0.311 e. The number of nitrogens with zero attached hydrogens (tertiary/aromatic N) is 2. The topological polar surface area (TPSA) is 23.6 Å². The van der Waals surface area contributed by atoms with Crippen molar-refractivity contribution in [3.8, 4) is 0 Å². The minimum atomic E-state index is 0.240. The largest absolute Gasteiger partial charge is 0.311 e. The van der Waals surface area contributed by atoms with Crippen molar-refractivity contribution in [2.75, 3.05) is 31.1 Å². The summed E-state index contributed by atoms with van der Waals surface area (Å²) in [5, 5.41) is 0. The molecule has 1 amide bonds. The van der Waals surface area contributed by atoms with Gasteiger partial charge in [-0.15, -0.1) is 0 Å². The van der Waals surface area contributed by atoms with Gasteiger partial charge in [0.2, 0.25) is 5.91 Å². The molecule has 3 heteroatoms. The van der Waals surface area contributed by atoms with E-state index in [2.05, 4.69) is 53.4 Å². The van der Waals surface area contributed by atoms with Crippen LogP contribution in [0.25, 0.3) is 0 Å². The third-order valence-corrected chi connectivity index (χ3v) is 5.09. The standard InChI is InChI=1S/C20H22N2O/c23-20(22-13-11-17-8-4-5-9-19(17)22)15-21-12-10-18(14-21)16-6-2-1-3-7-16/h1-9,18H,10-15H2/t18-/m1/s1. The number of hydrogen-bond donors (Lipinski definition) is 0. The number of hydrogen-bond acceptors (Lipinski definition) is 2. The van der Waals surface area contributed by atoms with E-state index in [1.165, 1.54) is 11.1 Å². The van der Waals surface area contributed by atoms with Gasteiger partial charge in [0.25, 0.3) is 0 Å². The smallest absolute Gasteiger partial charge is 0.241 e. The maximum absolute atomic E-state index is 12.7. The highest BCUT2D eigenvalue weighted by Gasteiger charge is 2.29. The Kier molecular flexibility index (Phi) is 3.88. The molecular formula is C20H22N2O. The first-order chi connectivity index (χ1) is 11.3. The first-order valence-corrected chi connectivity index (χ1v) is 8.47. The van der Waals surface area contributed by atoms with Gasteiger partial charge in [-0.05, 0) is 42.5 Å². The van der Waals surface area contributed by atoms with Crippen LogP contribution >= 0.6 is 0 Å². The molecule has 1 atom stereocenters. The summed E-state index contributed by atoms with van der Waals surface area (Å²) < 4.78 is 0. The van der Waals surface area contributed by atoms with Crippen molar-refractivity contribution in [2.45, 2.75) is 18.8 Å². The first-order valence-electron chi connectivity index (χ1n) is 8.47. The molecule has 118 valence electrons. The minimum absolute atomic E-state index is 0.240. The van der Waals surface area contributed by atoms with Gasteiger partial charge in [-0.3, -0.25) is 9.69 Å². The average molecular weight is 306 g/mol. The molecule has 0 spiro atoms. The van der Waals surface area contributed by atoms with Crippen LogP contribution in [0.4, 0.5) is 5.69 Å². The summed E-state index contributed by atoms with van der Waals surface area (Å²) in [6.07, 6.45) is 2.13. The molecule has 0 unspecified atom stereocenters. The molecule has 0 bridgehead atoms. The molecule has 2 heterocycles. The number of anilines is 1. The summed E-state index contributed by atoms with van der Waals surface area (Å²) in [5.74, 6) is 0.804. The third kappa shape index (κ3) is 2.89. The molecule has 0 aliphatic carbocycles. The number of rotatable bonds is 3. The Morgan fingerprint density at radius 2 is 1.78 bits per heavy atom. The zero-order valence-electron chi connectivity index (χ0n) is 13.3. The van der Waals surface area contributed by atoms with Crippen LogP contribution in [0.5, 0.6) is 0 Å². The summed E-state index contributed by atoms with van der Waals surface area (Å²) in [4.78, 5) is 17.0. The molecule has 3 nitrogen and oxygen atoms in total. The van der Waals surface area contributed by atoms with Gasteiger partial charge < -0.3 is 4.90 Å². The number of para-hydroxylation sites is 1. The van der Waals surface area contributed by atoms with E-state index in [0.717, 1.165) is 38.2 Å². The molecule has 0 saturated carbocycles. The second-order valence-electron chi connectivity index (χ2n) is 6.56. The van der Waals surface area contributed by atoms with E-state index in [1.54, 1.807) is 0 Å². The molecule has 2 aliphatic rings. The van der Waals surface area contributed by atoms with Crippen LogP contribution in [-0.2, 0) is 11.2 Å². The van der Waals surface area contributed by atoms with Gasteiger partial charge in [-0.25, -0.2) is 0 Å². The Labute approximate surface area is 137 Å². The van der Waals surface area contributed by atoms with Gasteiger partial charge >= 0.3 is 0 Å². The highest BCUT2D eigenvalue weighted by Crippen LogP contribution is 2.29. The zero-order chi connectivity index (χ0) is 15.6. The average Bonchev–Trinajstić information content (AvgIpc) is 3.22. The number of fused-ring (bicyclic) bond motifs is 1. The SMILES string of the molecule is O=C(CN1CC[C@@H](c2ccccc2)C1)N1CCc2ccccc21. The number of amides is 1. The van der Waals surface area contributed by atoms with Crippen molar-refractivity contribution in [1.82, 2.24) is 4.90 Å². The van der Waals surface area contributed by atoms with E-state index in [0.29, 0.717) is 12.5 Å². The van der Waals surface area contributed by atoms with Crippen molar-refractivity contribution in [1.29, 1.82) is 0 Å². The van der Waals surface area contributed by atoms with Gasteiger partial charge in [-0.2, -0.15) is 0 Å². The quantitative estimate of drug-likeness (QED) is 0.870. The monoisotopic (exact) mass is 306 g/mol. The molecule has 0 aromatic heterocycles. The van der Waals surface area contributed by atoms with Crippen LogP contribution in [0.1, 0.15) is 23.5 Å². The molecule has 1 saturated heterocycles. The Hall–Kier alpha value is -2.13. The lowest BCUT2D eigenvalue weighted by molar-refractivity contribution is -0.119. The molecule has 2 aliphatic heterocycles. The second kappa shape index (κ2) is 6.17. The van der Waals surface area contributed by atoms with Crippen LogP contribution < -0.4 is 4.90 Å². The zero-order valence-corrected chi connectivity index (χ0v) is 13.3. The van der Waals surface area contributed by atoms with Crippen LogP contribution in [0.2, 0.25) is 0 Å². The Bertz CT molecular complexity index is 698.